The smallest absolute Gasteiger partial charge is 0.465 e. The maximum atomic E-state index is 12.9. The molecule has 5 aromatic rings. The Kier molecular flexibility index (Phi) is 10.3. The number of piperidine rings is 1. The summed E-state index contributed by atoms with van der Waals surface area (Å²) in [5.74, 6) is 0.895. The molecule has 1 aliphatic carbocycles. The number of nitrogens with one attached hydrogen (secondary N) is 1. The van der Waals surface area contributed by atoms with Gasteiger partial charge in [0.25, 0.3) is 5.56 Å². The van der Waals surface area contributed by atoms with Crippen LogP contribution in [0.5, 0.6) is 0 Å². The van der Waals surface area contributed by atoms with Gasteiger partial charge >= 0.3 is 13.9 Å². The fourth-order valence-corrected chi connectivity index (χ4v) is 8.75. The number of phosphoric acid groups is 1. The maximum absolute atomic E-state index is 12.9. The third kappa shape index (κ3) is 7.59. The number of nitrogens with zero attached hydrogens (tertiary/aromatic N) is 6. The zero-order valence-electron chi connectivity index (χ0n) is 31.7. The molecular weight excluding hydrogens is 737 g/mol. The molecule has 56 heavy (non-hydrogen) atoms. The fraction of sp³-hybridized carbons (Fsp3) is 0.450. The van der Waals surface area contributed by atoms with Crippen molar-refractivity contribution >= 4 is 41.7 Å². The zero-order chi connectivity index (χ0) is 39.4. The van der Waals surface area contributed by atoms with E-state index in [9.17, 15) is 29.0 Å². The van der Waals surface area contributed by atoms with E-state index in [1.54, 1.807) is 19.4 Å². The molecule has 1 saturated carbocycles. The number of aryl methyl sites for hydroxylation is 1. The van der Waals surface area contributed by atoms with Crippen molar-refractivity contribution in [3.63, 3.8) is 0 Å². The number of hydrogen-bond acceptors (Lipinski definition) is 9. The Hall–Kier alpha value is -4.63. The van der Waals surface area contributed by atoms with E-state index in [1.807, 2.05) is 61.5 Å². The maximum Gasteiger partial charge on any atom is 0.469 e. The van der Waals surface area contributed by atoms with Gasteiger partial charge in [0.15, 0.2) is 5.60 Å². The lowest BCUT2D eigenvalue weighted by molar-refractivity contribution is -0.0657. The highest BCUT2D eigenvalue weighted by Crippen LogP contribution is 2.47. The van der Waals surface area contributed by atoms with Gasteiger partial charge in [0.2, 0.25) is 5.95 Å². The van der Waals surface area contributed by atoms with Crippen molar-refractivity contribution in [3.8, 4) is 11.1 Å². The molecule has 3 atom stereocenters. The summed E-state index contributed by atoms with van der Waals surface area (Å²) in [7, 11) is -3.25. The van der Waals surface area contributed by atoms with Crippen LogP contribution < -0.4 is 10.5 Å². The van der Waals surface area contributed by atoms with Gasteiger partial charge in [-0.15, -0.1) is 0 Å². The summed E-state index contributed by atoms with van der Waals surface area (Å²) < 4.78 is 26.2. The standard InChI is InChI=1S/C40H48N7O8P/c1-25-21-47(39(49)50)26(2)20-46(25)22-27-14-17-45(18-15-27)38-42-34-12-9-28(33-23-44(3)37(48)35-31(33)13-16-41-35)19-32(34)36(43-38)40(55-30-10-11-30,24-54-56(51,52)53)29-7-5-4-6-8-29/h4-9,12-13,16,19,23,25-27,30,41H,10-11,14-15,17-18,20-22,24H2,1-3H3,(H,49,50)(H2,51,52,53)/t25-,26+,40?/m0/s1. The van der Waals surface area contributed by atoms with Crippen molar-refractivity contribution in [2.45, 2.75) is 63.3 Å². The average molecular weight is 786 g/mol. The lowest BCUT2D eigenvalue weighted by Gasteiger charge is -2.45. The third-order valence-corrected chi connectivity index (χ3v) is 12.1. The Bertz CT molecular complexity index is 2350. The van der Waals surface area contributed by atoms with Gasteiger partial charge in [0.05, 0.1) is 23.9 Å². The number of benzene rings is 2. The predicted octanol–water partition coefficient (Wildman–Crippen LogP) is 5.30. The van der Waals surface area contributed by atoms with E-state index in [0.29, 0.717) is 65.7 Å². The van der Waals surface area contributed by atoms with Crippen LogP contribution in [0, 0.1) is 5.92 Å². The van der Waals surface area contributed by atoms with Gasteiger partial charge in [-0.05, 0) is 74.8 Å². The number of phosphoric ester groups is 1. The van der Waals surface area contributed by atoms with Crippen molar-refractivity contribution in [2.24, 2.45) is 13.0 Å². The number of anilines is 1. The molecule has 2 aliphatic heterocycles. The van der Waals surface area contributed by atoms with E-state index < -0.39 is 26.1 Å². The molecule has 1 unspecified atom stereocenters. The summed E-state index contributed by atoms with van der Waals surface area (Å²) in [6.45, 7) is 7.00. The Labute approximate surface area is 324 Å². The van der Waals surface area contributed by atoms with Crippen LogP contribution in [0.15, 0.2) is 71.8 Å². The molecular formula is C40H48N7O8P. The minimum atomic E-state index is -4.96. The zero-order valence-corrected chi connectivity index (χ0v) is 32.6. The molecule has 0 radical (unpaired) electrons. The number of hydrogen-bond donors (Lipinski definition) is 4. The second kappa shape index (κ2) is 15.0. The number of ether oxygens (including phenoxy) is 1. The molecule has 296 valence electrons. The second-order valence-electron chi connectivity index (χ2n) is 15.6. The first-order valence-electron chi connectivity index (χ1n) is 19.2. The summed E-state index contributed by atoms with van der Waals surface area (Å²) >= 11 is 0. The normalized spacial score (nSPS) is 21.2. The first kappa shape index (κ1) is 38.3. The average Bonchev–Trinajstić information content (AvgIpc) is 3.86. The van der Waals surface area contributed by atoms with E-state index in [0.717, 1.165) is 48.7 Å². The largest absolute Gasteiger partial charge is 0.469 e. The lowest BCUT2D eigenvalue weighted by Crippen LogP contribution is -2.58. The summed E-state index contributed by atoms with van der Waals surface area (Å²) in [6.07, 6.45) is 5.84. The van der Waals surface area contributed by atoms with Gasteiger partial charge in [-0.25, -0.2) is 19.3 Å². The highest BCUT2D eigenvalue weighted by Gasteiger charge is 2.46. The minimum absolute atomic E-state index is 0.0751. The van der Waals surface area contributed by atoms with Gasteiger partial charge < -0.3 is 39.0 Å². The van der Waals surface area contributed by atoms with E-state index in [-0.39, 0.29) is 23.7 Å². The lowest BCUT2D eigenvalue weighted by atomic mass is 9.87. The van der Waals surface area contributed by atoms with Crippen LogP contribution in [0.2, 0.25) is 0 Å². The molecule has 3 aliphatic rings. The van der Waals surface area contributed by atoms with Crippen LogP contribution >= 0.6 is 7.82 Å². The quantitative estimate of drug-likeness (QED) is 0.127. The van der Waals surface area contributed by atoms with Gasteiger partial charge in [-0.2, -0.15) is 0 Å². The van der Waals surface area contributed by atoms with Crippen LogP contribution in [0.25, 0.3) is 32.9 Å². The van der Waals surface area contributed by atoms with Crippen molar-refractivity contribution in [1.82, 2.24) is 29.3 Å². The molecule has 8 rings (SSSR count). The molecule has 15 nitrogen and oxygen atoms in total. The van der Waals surface area contributed by atoms with Crippen molar-refractivity contribution < 1.29 is 33.5 Å². The third-order valence-electron chi connectivity index (χ3n) is 11.6. The Balaban J connectivity index is 1.21. The predicted molar refractivity (Wildman–Crippen MR) is 212 cm³/mol. The van der Waals surface area contributed by atoms with Crippen molar-refractivity contribution in [1.29, 1.82) is 0 Å². The van der Waals surface area contributed by atoms with Crippen LogP contribution in [0.1, 0.15) is 50.8 Å². The van der Waals surface area contributed by atoms with Crippen molar-refractivity contribution in [3.05, 3.63) is 88.6 Å². The summed E-state index contributed by atoms with van der Waals surface area (Å²) in [5, 5.41) is 11.0. The number of aromatic amines is 1. The number of fused-ring (bicyclic) bond motifs is 2. The Morgan fingerprint density at radius 3 is 2.43 bits per heavy atom. The number of piperazine rings is 1. The Morgan fingerprint density at radius 1 is 0.982 bits per heavy atom. The molecule has 1 amide bonds. The number of pyridine rings is 1. The van der Waals surface area contributed by atoms with Crippen LogP contribution in [-0.2, 0) is 26.5 Å². The fourth-order valence-electron chi connectivity index (χ4n) is 8.40. The molecule has 4 N–H and O–H groups in total. The molecule has 0 spiro atoms. The molecule has 16 heteroatoms. The minimum Gasteiger partial charge on any atom is -0.465 e. The van der Waals surface area contributed by atoms with Gasteiger partial charge in [0, 0.05) is 80.6 Å². The molecule has 2 saturated heterocycles. The summed E-state index contributed by atoms with van der Waals surface area (Å²) in [6, 6.07) is 17.1. The first-order chi connectivity index (χ1) is 26.8. The SMILES string of the molecule is C[C@@H]1CN(CC2CCN(c3nc(C(COP(=O)(O)O)(OC4CC4)c4ccccc4)c4cc(-c5cn(C)c(=O)c6[nH]ccc56)ccc4n3)CC2)[C@@H](C)CN1C(=O)O. The summed E-state index contributed by atoms with van der Waals surface area (Å²) in [4.78, 5) is 64.4. The van der Waals surface area contributed by atoms with E-state index in [4.69, 9.17) is 19.2 Å². The topological polar surface area (TPSA) is 187 Å². The molecule has 3 aromatic heterocycles. The van der Waals surface area contributed by atoms with Crippen molar-refractivity contribution in [2.75, 3.05) is 44.2 Å². The van der Waals surface area contributed by atoms with Gasteiger partial charge in [0.1, 0.15) is 5.52 Å². The second-order valence-corrected chi connectivity index (χ2v) is 16.9. The van der Waals surface area contributed by atoms with Crippen LogP contribution in [0.3, 0.4) is 0 Å². The number of carboxylic acid groups (broad SMARTS) is 1. The van der Waals surface area contributed by atoms with E-state index in [1.165, 1.54) is 9.47 Å². The number of rotatable bonds is 11. The molecule has 2 aromatic carbocycles. The van der Waals surface area contributed by atoms with E-state index >= 15 is 0 Å². The monoisotopic (exact) mass is 785 g/mol. The van der Waals surface area contributed by atoms with Gasteiger partial charge in [-0.3, -0.25) is 14.2 Å². The molecule has 5 heterocycles. The highest BCUT2D eigenvalue weighted by molar-refractivity contribution is 7.46. The summed E-state index contributed by atoms with van der Waals surface area (Å²) in [5.41, 5.74) is 2.13. The number of amides is 1. The number of aromatic nitrogens is 4. The van der Waals surface area contributed by atoms with Crippen LogP contribution in [-0.4, -0.2) is 108 Å². The number of H-pyrrole nitrogens is 1. The van der Waals surface area contributed by atoms with E-state index in [2.05, 4.69) is 21.7 Å². The number of carbonyl (C=O) groups is 1. The first-order valence-corrected chi connectivity index (χ1v) is 20.7. The Morgan fingerprint density at radius 2 is 1.73 bits per heavy atom. The van der Waals surface area contributed by atoms with Gasteiger partial charge in [-0.1, -0.05) is 36.4 Å². The molecule has 0 bridgehead atoms. The van der Waals surface area contributed by atoms with Crippen LogP contribution in [0.4, 0.5) is 10.7 Å². The highest BCUT2D eigenvalue weighted by atomic mass is 31.2. The molecule has 3 fully saturated rings.